The average Bonchev–Trinajstić information content (AvgIpc) is 3.18. The van der Waals surface area contributed by atoms with Crippen LogP contribution in [-0.2, 0) is 4.74 Å². The monoisotopic (exact) mass is 285 g/mol. The van der Waals surface area contributed by atoms with Crippen LogP contribution in [0.3, 0.4) is 0 Å². The molecule has 0 N–H and O–H groups in total. The van der Waals surface area contributed by atoms with Crippen LogP contribution in [0.15, 0.2) is 34.9 Å². The molecule has 0 bridgehead atoms. The number of hydrogen-bond acceptors (Lipinski definition) is 5. The van der Waals surface area contributed by atoms with Crippen LogP contribution in [0.2, 0.25) is 0 Å². The van der Waals surface area contributed by atoms with Crippen molar-refractivity contribution in [2.24, 2.45) is 5.41 Å². The third-order valence-corrected chi connectivity index (χ3v) is 4.56. The SMILES string of the molecule is c1ccc(-c2noc(N3CCCC4(CCOC4)C3)n2)cc1. The molecule has 1 unspecified atom stereocenters. The highest BCUT2D eigenvalue weighted by molar-refractivity contribution is 5.55. The van der Waals surface area contributed by atoms with Crippen molar-refractivity contribution < 1.29 is 9.26 Å². The first-order valence-corrected chi connectivity index (χ1v) is 7.57. The molecule has 1 aromatic carbocycles. The molecule has 5 heteroatoms. The number of ether oxygens (including phenoxy) is 1. The fourth-order valence-electron chi connectivity index (χ4n) is 3.39. The van der Waals surface area contributed by atoms with Gasteiger partial charge in [0.15, 0.2) is 0 Å². The van der Waals surface area contributed by atoms with Gasteiger partial charge in [0.05, 0.1) is 6.61 Å². The molecule has 0 saturated carbocycles. The van der Waals surface area contributed by atoms with Gasteiger partial charge >= 0.3 is 6.01 Å². The molecule has 110 valence electrons. The molecule has 1 spiro atoms. The minimum Gasteiger partial charge on any atom is -0.381 e. The van der Waals surface area contributed by atoms with Gasteiger partial charge in [-0.15, -0.1) is 0 Å². The maximum Gasteiger partial charge on any atom is 0.324 e. The lowest BCUT2D eigenvalue weighted by atomic mass is 9.79. The molecule has 1 atom stereocenters. The second-order valence-corrected chi connectivity index (χ2v) is 6.09. The lowest BCUT2D eigenvalue weighted by molar-refractivity contribution is 0.137. The standard InChI is InChI=1S/C16H19N3O2/c1-2-5-13(6-3-1)14-17-15(21-18-14)19-9-4-7-16(11-19)8-10-20-12-16/h1-3,5-6H,4,7-12H2. The highest BCUT2D eigenvalue weighted by atomic mass is 16.5. The lowest BCUT2D eigenvalue weighted by Gasteiger charge is -2.38. The van der Waals surface area contributed by atoms with E-state index in [-0.39, 0.29) is 0 Å². The predicted octanol–water partition coefficient (Wildman–Crippen LogP) is 2.74. The minimum absolute atomic E-state index is 0.291. The van der Waals surface area contributed by atoms with Crippen molar-refractivity contribution in [3.05, 3.63) is 30.3 Å². The van der Waals surface area contributed by atoms with Crippen LogP contribution in [0.25, 0.3) is 11.4 Å². The summed E-state index contributed by atoms with van der Waals surface area (Å²) in [4.78, 5) is 6.79. The summed E-state index contributed by atoms with van der Waals surface area (Å²) in [5.41, 5.74) is 1.28. The first-order valence-electron chi connectivity index (χ1n) is 7.57. The number of hydrogen-bond donors (Lipinski definition) is 0. The molecule has 21 heavy (non-hydrogen) atoms. The Labute approximate surface area is 123 Å². The minimum atomic E-state index is 0.291. The Bertz CT molecular complexity index is 605. The van der Waals surface area contributed by atoms with E-state index in [0.717, 1.165) is 44.7 Å². The van der Waals surface area contributed by atoms with Crippen molar-refractivity contribution in [3.63, 3.8) is 0 Å². The molecule has 0 amide bonds. The van der Waals surface area contributed by atoms with Gasteiger partial charge in [0, 0.05) is 30.7 Å². The van der Waals surface area contributed by atoms with E-state index in [1.165, 1.54) is 6.42 Å². The summed E-state index contributed by atoms with van der Waals surface area (Å²) in [5, 5.41) is 4.12. The zero-order valence-corrected chi connectivity index (χ0v) is 12.0. The Hall–Kier alpha value is -1.88. The largest absolute Gasteiger partial charge is 0.381 e. The molecule has 0 radical (unpaired) electrons. The second-order valence-electron chi connectivity index (χ2n) is 6.09. The van der Waals surface area contributed by atoms with Crippen molar-refractivity contribution in [1.29, 1.82) is 0 Å². The Morgan fingerprint density at radius 3 is 2.86 bits per heavy atom. The molecule has 2 aromatic rings. The number of anilines is 1. The third kappa shape index (κ3) is 2.42. The summed E-state index contributed by atoms with van der Waals surface area (Å²) in [5.74, 6) is 0.660. The van der Waals surface area contributed by atoms with E-state index < -0.39 is 0 Å². The second kappa shape index (κ2) is 5.15. The number of benzene rings is 1. The summed E-state index contributed by atoms with van der Waals surface area (Å²) in [6.45, 7) is 3.69. The van der Waals surface area contributed by atoms with Crippen LogP contribution in [0.4, 0.5) is 6.01 Å². The maximum absolute atomic E-state index is 5.60. The molecular weight excluding hydrogens is 266 g/mol. The third-order valence-electron chi connectivity index (χ3n) is 4.56. The van der Waals surface area contributed by atoms with E-state index in [2.05, 4.69) is 15.0 Å². The van der Waals surface area contributed by atoms with E-state index in [4.69, 9.17) is 9.26 Å². The summed E-state index contributed by atoms with van der Waals surface area (Å²) in [7, 11) is 0. The molecule has 5 nitrogen and oxygen atoms in total. The fraction of sp³-hybridized carbons (Fsp3) is 0.500. The Balaban J connectivity index is 1.55. The van der Waals surface area contributed by atoms with E-state index >= 15 is 0 Å². The first kappa shape index (κ1) is 12.8. The van der Waals surface area contributed by atoms with Gasteiger partial charge in [-0.3, -0.25) is 0 Å². The van der Waals surface area contributed by atoms with E-state index in [1.54, 1.807) is 0 Å². The molecule has 3 heterocycles. The maximum atomic E-state index is 5.60. The van der Waals surface area contributed by atoms with Crippen LogP contribution >= 0.6 is 0 Å². The zero-order chi connectivity index (χ0) is 14.1. The summed E-state index contributed by atoms with van der Waals surface area (Å²) in [6, 6.07) is 10.6. The van der Waals surface area contributed by atoms with E-state index in [0.29, 0.717) is 17.3 Å². The van der Waals surface area contributed by atoms with Crippen molar-refractivity contribution in [2.45, 2.75) is 19.3 Å². The Morgan fingerprint density at radius 1 is 1.14 bits per heavy atom. The fourth-order valence-corrected chi connectivity index (χ4v) is 3.39. The van der Waals surface area contributed by atoms with Gasteiger partial charge < -0.3 is 14.2 Å². The van der Waals surface area contributed by atoms with Gasteiger partial charge in [0.25, 0.3) is 0 Å². The topological polar surface area (TPSA) is 51.4 Å². The Morgan fingerprint density at radius 2 is 2.05 bits per heavy atom. The molecular formula is C16H19N3O2. The van der Waals surface area contributed by atoms with Crippen LogP contribution in [-0.4, -0.2) is 36.4 Å². The van der Waals surface area contributed by atoms with Crippen molar-refractivity contribution >= 4 is 6.01 Å². The number of aromatic nitrogens is 2. The molecule has 2 fully saturated rings. The molecule has 2 saturated heterocycles. The predicted molar refractivity (Wildman–Crippen MR) is 79.1 cm³/mol. The highest BCUT2D eigenvalue weighted by Gasteiger charge is 2.40. The van der Waals surface area contributed by atoms with Crippen molar-refractivity contribution in [1.82, 2.24) is 10.1 Å². The molecule has 4 rings (SSSR count). The molecule has 0 aliphatic carbocycles. The smallest absolute Gasteiger partial charge is 0.324 e. The van der Waals surface area contributed by atoms with Crippen molar-refractivity contribution in [2.75, 3.05) is 31.2 Å². The van der Waals surface area contributed by atoms with Gasteiger partial charge in [0.2, 0.25) is 5.82 Å². The van der Waals surface area contributed by atoms with Crippen LogP contribution < -0.4 is 4.90 Å². The van der Waals surface area contributed by atoms with Crippen LogP contribution in [0, 0.1) is 5.41 Å². The van der Waals surface area contributed by atoms with Gasteiger partial charge in [0.1, 0.15) is 0 Å². The Kier molecular flexibility index (Phi) is 3.15. The van der Waals surface area contributed by atoms with E-state index in [1.807, 2.05) is 30.3 Å². The van der Waals surface area contributed by atoms with E-state index in [9.17, 15) is 0 Å². The van der Waals surface area contributed by atoms with Crippen molar-refractivity contribution in [3.8, 4) is 11.4 Å². The van der Waals surface area contributed by atoms with Gasteiger partial charge in [-0.05, 0) is 19.3 Å². The average molecular weight is 285 g/mol. The number of piperidine rings is 1. The quantitative estimate of drug-likeness (QED) is 0.849. The van der Waals surface area contributed by atoms with Gasteiger partial charge in [-0.1, -0.05) is 35.5 Å². The molecule has 2 aliphatic heterocycles. The van der Waals surface area contributed by atoms with Gasteiger partial charge in [-0.25, -0.2) is 0 Å². The zero-order valence-electron chi connectivity index (χ0n) is 12.0. The highest BCUT2D eigenvalue weighted by Crippen LogP contribution is 2.39. The van der Waals surface area contributed by atoms with Crippen LogP contribution in [0.5, 0.6) is 0 Å². The number of nitrogens with zero attached hydrogens (tertiary/aromatic N) is 3. The van der Waals surface area contributed by atoms with Gasteiger partial charge in [-0.2, -0.15) is 4.98 Å². The first-order chi connectivity index (χ1) is 10.3. The lowest BCUT2D eigenvalue weighted by Crippen LogP contribution is -2.43. The number of rotatable bonds is 2. The summed E-state index contributed by atoms with van der Waals surface area (Å²) >= 11 is 0. The summed E-state index contributed by atoms with van der Waals surface area (Å²) < 4.78 is 11.1. The van der Waals surface area contributed by atoms with Crippen LogP contribution in [0.1, 0.15) is 19.3 Å². The molecule has 2 aliphatic rings. The summed E-state index contributed by atoms with van der Waals surface area (Å²) in [6.07, 6.45) is 3.54. The normalized spacial score (nSPS) is 25.6. The molecule has 1 aromatic heterocycles.